The molecule has 0 unspecified atom stereocenters. The van der Waals surface area contributed by atoms with Crippen LogP contribution in [0, 0.1) is 18.7 Å². The Bertz CT molecular complexity index is 1190. The van der Waals surface area contributed by atoms with Gasteiger partial charge in [-0.05, 0) is 62.4 Å². The van der Waals surface area contributed by atoms with Crippen molar-refractivity contribution in [3.63, 3.8) is 0 Å². The third-order valence-electron chi connectivity index (χ3n) is 7.30. The van der Waals surface area contributed by atoms with Gasteiger partial charge in [-0.2, -0.15) is 0 Å². The maximum atomic E-state index is 14.5. The SMILES string of the molecule is Cc1ccc(N2C[C@@H]3C[C@H]2C[C@H]3OCc2c(-c3c(Cl)cccc3Cl)noc2C2CC2)c(F)c1. The van der Waals surface area contributed by atoms with Crippen LogP contribution in [0.2, 0.25) is 10.0 Å². The summed E-state index contributed by atoms with van der Waals surface area (Å²) < 4.78 is 26.8. The molecule has 0 spiro atoms. The summed E-state index contributed by atoms with van der Waals surface area (Å²) >= 11 is 12.9. The zero-order chi connectivity index (χ0) is 22.7. The van der Waals surface area contributed by atoms with Gasteiger partial charge in [0, 0.05) is 35.5 Å². The van der Waals surface area contributed by atoms with Crippen molar-refractivity contribution in [2.24, 2.45) is 5.92 Å². The number of aryl methyl sites for hydroxylation is 1. The molecule has 1 aromatic heterocycles. The molecule has 2 aromatic carbocycles. The molecule has 172 valence electrons. The number of hydrogen-bond donors (Lipinski definition) is 0. The highest BCUT2D eigenvalue weighted by Gasteiger charge is 2.46. The number of ether oxygens (including phenoxy) is 1. The van der Waals surface area contributed by atoms with Crippen molar-refractivity contribution >= 4 is 28.9 Å². The number of rotatable bonds is 6. The van der Waals surface area contributed by atoms with Gasteiger partial charge in [0.2, 0.25) is 0 Å². The molecule has 6 rings (SSSR count). The fraction of sp³-hybridized carbons (Fsp3) is 0.423. The van der Waals surface area contributed by atoms with Crippen LogP contribution in [0.1, 0.15) is 48.5 Å². The van der Waals surface area contributed by atoms with Crippen LogP contribution in [0.4, 0.5) is 10.1 Å². The predicted molar refractivity (Wildman–Crippen MR) is 128 cm³/mol. The van der Waals surface area contributed by atoms with E-state index in [1.54, 1.807) is 6.07 Å². The predicted octanol–water partition coefficient (Wildman–Crippen LogP) is 7.16. The lowest BCUT2D eigenvalue weighted by Crippen LogP contribution is -2.39. The minimum absolute atomic E-state index is 0.135. The summed E-state index contributed by atoms with van der Waals surface area (Å²) in [7, 11) is 0. The Morgan fingerprint density at radius 1 is 1.15 bits per heavy atom. The Hall–Kier alpha value is -2.08. The first-order valence-electron chi connectivity index (χ1n) is 11.6. The zero-order valence-electron chi connectivity index (χ0n) is 18.4. The summed E-state index contributed by atoms with van der Waals surface area (Å²) in [4.78, 5) is 2.21. The minimum atomic E-state index is -0.139. The van der Waals surface area contributed by atoms with Crippen molar-refractivity contribution in [3.8, 4) is 11.3 Å². The second-order valence-electron chi connectivity index (χ2n) is 9.59. The monoisotopic (exact) mass is 486 g/mol. The fourth-order valence-electron chi connectivity index (χ4n) is 5.49. The van der Waals surface area contributed by atoms with E-state index in [-0.39, 0.29) is 11.9 Å². The number of halogens is 3. The molecule has 3 fully saturated rings. The molecule has 1 saturated heterocycles. The van der Waals surface area contributed by atoms with Gasteiger partial charge in [0.15, 0.2) is 0 Å². The summed E-state index contributed by atoms with van der Waals surface area (Å²) in [6, 6.07) is 11.2. The lowest BCUT2D eigenvalue weighted by atomic mass is 10.0. The van der Waals surface area contributed by atoms with Crippen molar-refractivity contribution in [2.45, 2.75) is 57.3 Å². The molecule has 3 aliphatic rings. The number of anilines is 1. The topological polar surface area (TPSA) is 38.5 Å². The fourth-order valence-corrected chi connectivity index (χ4v) is 6.07. The van der Waals surface area contributed by atoms with Crippen LogP contribution in [0.25, 0.3) is 11.3 Å². The summed E-state index contributed by atoms with van der Waals surface area (Å²) in [5.41, 5.74) is 3.98. The summed E-state index contributed by atoms with van der Waals surface area (Å²) in [6.07, 6.45) is 4.26. The van der Waals surface area contributed by atoms with E-state index in [0.717, 1.165) is 49.1 Å². The average Bonchev–Trinajstić information content (AvgIpc) is 3.24. The van der Waals surface area contributed by atoms with E-state index < -0.39 is 0 Å². The second-order valence-corrected chi connectivity index (χ2v) is 10.4. The molecule has 2 aliphatic carbocycles. The van der Waals surface area contributed by atoms with Gasteiger partial charge in [0.1, 0.15) is 17.3 Å². The number of aromatic nitrogens is 1. The Morgan fingerprint density at radius 3 is 2.61 bits per heavy atom. The Labute approximate surface area is 202 Å². The van der Waals surface area contributed by atoms with Gasteiger partial charge in [-0.25, -0.2) is 4.39 Å². The van der Waals surface area contributed by atoms with Crippen LogP contribution in [0.3, 0.4) is 0 Å². The summed E-state index contributed by atoms with van der Waals surface area (Å²) in [5.74, 6) is 1.53. The van der Waals surface area contributed by atoms with Gasteiger partial charge in [0.05, 0.1) is 28.4 Å². The minimum Gasteiger partial charge on any atom is -0.373 e. The number of piperidine rings is 1. The molecule has 3 atom stereocenters. The van der Waals surface area contributed by atoms with Crippen LogP contribution < -0.4 is 4.90 Å². The van der Waals surface area contributed by atoms with E-state index in [9.17, 15) is 4.39 Å². The molecule has 2 saturated carbocycles. The molecule has 1 aliphatic heterocycles. The first-order valence-corrected chi connectivity index (χ1v) is 12.3. The third kappa shape index (κ3) is 3.84. The third-order valence-corrected chi connectivity index (χ3v) is 7.93. The van der Waals surface area contributed by atoms with Gasteiger partial charge in [-0.1, -0.05) is 40.5 Å². The van der Waals surface area contributed by atoms with Crippen LogP contribution in [-0.2, 0) is 11.3 Å². The summed E-state index contributed by atoms with van der Waals surface area (Å²) in [6.45, 7) is 3.15. The van der Waals surface area contributed by atoms with Crippen molar-refractivity contribution in [1.82, 2.24) is 5.16 Å². The number of nitrogens with zero attached hydrogens (tertiary/aromatic N) is 2. The number of benzene rings is 2. The highest BCUT2D eigenvalue weighted by Crippen LogP contribution is 2.47. The normalized spacial score (nSPS) is 24.1. The Morgan fingerprint density at radius 2 is 1.94 bits per heavy atom. The van der Waals surface area contributed by atoms with Gasteiger partial charge < -0.3 is 14.2 Å². The van der Waals surface area contributed by atoms with E-state index in [0.29, 0.717) is 51.5 Å². The van der Waals surface area contributed by atoms with E-state index >= 15 is 0 Å². The zero-order valence-corrected chi connectivity index (χ0v) is 19.9. The first-order chi connectivity index (χ1) is 16.0. The van der Waals surface area contributed by atoms with Crippen molar-refractivity contribution in [2.75, 3.05) is 11.4 Å². The number of hydrogen-bond acceptors (Lipinski definition) is 4. The van der Waals surface area contributed by atoms with Crippen LogP contribution in [-0.4, -0.2) is 23.8 Å². The summed E-state index contributed by atoms with van der Waals surface area (Å²) in [5, 5.41) is 5.46. The maximum absolute atomic E-state index is 14.5. The lowest BCUT2D eigenvalue weighted by Gasteiger charge is -2.33. The Kier molecular flexibility index (Phi) is 5.39. The van der Waals surface area contributed by atoms with Gasteiger partial charge >= 0.3 is 0 Å². The smallest absolute Gasteiger partial charge is 0.146 e. The molecular formula is C26H25Cl2FN2O2. The number of fused-ring (bicyclic) bond motifs is 2. The van der Waals surface area contributed by atoms with Crippen molar-refractivity contribution in [3.05, 3.63) is 69.1 Å². The largest absolute Gasteiger partial charge is 0.373 e. The molecular weight excluding hydrogens is 462 g/mol. The standard InChI is InChI=1S/C26H25Cl2FN2O2/c1-14-5-8-22(21(29)9-14)31-12-16-10-17(31)11-23(16)32-13-18-25(30-33-26(18)15-6-7-15)24-19(27)3-2-4-20(24)28/h2-5,8-9,15-17,23H,6-7,10-13H2,1H3/t16-,17-,23+/m0/s1. The molecule has 3 aromatic rings. The molecule has 4 nitrogen and oxygen atoms in total. The van der Waals surface area contributed by atoms with Crippen molar-refractivity contribution in [1.29, 1.82) is 0 Å². The van der Waals surface area contributed by atoms with Gasteiger partial charge in [0.25, 0.3) is 0 Å². The molecule has 33 heavy (non-hydrogen) atoms. The van der Waals surface area contributed by atoms with Gasteiger partial charge in [-0.3, -0.25) is 0 Å². The molecule has 0 radical (unpaired) electrons. The average molecular weight is 487 g/mol. The Balaban J connectivity index is 1.20. The maximum Gasteiger partial charge on any atom is 0.146 e. The van der Waals surface area contributed by atoms with Crippen LogP contribution in [0.15, 0.2) is 40.9 Å². The highest BCUT2D eigenvalue weighted by atomic mass is 35.5. The second kappa shape index (κ2) is 8.30. The molecule has 2 heterocycles. The highest BCUT2D eigenvalue weighted by molar-refractivity contribution is 6.39. The quantitative estimate of drug-likeness (QED) is 0.370. The first kappa shape index (κ1) is 21.5. The van der Waals surface area contributed by atoms with Crippen LogP contribution >= 0.6 is 23.2 Å². The van der Waals surface area contributed by atoms with E-state index in [1.807, 2.05) is 37.3 Å². The molecule has 7 heteroatoms. The van der Waals surface area contributed by atoms with Gasteiger partial charge in [-0.15, -0.1) is 0 Å². The molecule has 0 N–H and O–H groups in total. The molecule has 2 bridgehead atoms. The van der Waals surface area contributed by atoms with E-state index in [4.69, 9.17) is 32.5 Å². The van der Waals surface area contributed by atoms with Crippen molar-refractivity contribution < 1.29 is 13.7 Å². The lowest BCUT2D eigenvalue weighted by molar-refractivity contribution is 0.0122. The van der Waals surface area contributed by atoms with E-state index in [2.05, 4.69) is 10.1 Å². The van der Waals surface area contributed by atoms with E-state index in [1.165, 1.54) is 0 Å². The molecule has 0 amide bonds. The van der Waals surface area contributed by atoms with Crippen LogP contribution in [0.5, 0.6) is 0 Å².